The number of aromatic nitrogens is 1. The highest BCUT2D eigenvalue weighted by Crippen LogP contribution is 2.54. The first-order valence-electron chi connectivity index (χ1n) is 11.3. The van der Waals surface area contributed by atoms with Crippen molar-refractivity contribution >= 4 is 46.6 Å². The SMILES string of the molecule is CCOC(=O)c1ccc(N2C(=O)C3Sc4[nH]c(=O)sc4C(c4cc(OC)c(O)c(OC)c4)C3C2=O)cc1. The van der Waals surface area contributed by atoms with Gasteiger partial charge in [0.1, 0.15) is 5.25 Å². The Morgan fingerprint density at radius 1 is 1.05 bits per heavy atom. The van der Waals surface area contributed by atoms with E-state index in [9.17, 15) is 24.3 Å². The maximum atomic E-state index is 13.9. The number of imide groups is 1. The molecule has 3 aromatic rings. The Hall–Kier alpha value is -3.77. The van der Waals surface area contributed by atoms with E-state index < -0.39 is 34.9 Å². The predicted molar refractivity (Wildman–Crippen MR) is 136 cm³/mol. The average molecular weight is 543 g/mol. The Morgan fingerprint density at radius 3 is 2.30 bits per heavy atom. The molecular formula is C25H22N2O8S2. The summed E-state index contributed by atoms with van der Waals surface area (Å²) < 4.78 is 15.6. The number of carbonyl (C=O) groups is 3. The summed E-state index contributed by atoms with van der Waals surface area (Å²) in [5.74, 6) is -2.79. The van der Waals surface area contributed by atoms with Crippen LogP contribution in [0.4, 0.5) is 5.69 Å². The largest absolute Gasteiger partial charge is 0.502 e. The van der Waals surface area contributed by atoms with Crippen molar-refractivity contribution in [1.82, 2.24) is 4.98 Å². The highest BCUT2D eigenvalue weighted by molar-refractivity contribution is 8.00. The number of phenolic OH excluding ortho intramolecular Hbond substituents is 1. The number of aromatic amines is 1. The number of esters is 1. The lowest BCUT2D eigenvalue weighted by molar-refractivity contribution is -0.122. The van der Waals surface area contributed by atoms with E-state index in [0.717, 1.165) is 28.0 Å². The summed E-state index contributed by atoms with van der Waals surface area (Å²) in [6.45, 7) is 1.93. The van der Waals surface area contributed by atoms with Gasteiger partial charge in [-0.15, -0.1) is 0 Å². The molecule has 192 valence electrons. The number of hydrogen-bond acceptors (Lipinski definition) is 10. The standard InChI is InChI=1S/C25H22N2O8S2/c1-4-35-24(31)11-5-7-13(8-6-11)27-22(29)17-16(12-9-14(33-2)18(28)15(10-12)34-3)19-21(26-25(32)37-19)36-20(17)23(27)30/h5-10,16-17,20,28H,4H2,1-3H3,(H,26,32). The summed E-state index contributed by atoms with van der Waals surface area (Å²) in [7, 11) is 2.79. The highest BCUT2D eigenvalue weighted by Gasteiger charge is 2.56. The number of benzene rings is 2. The number of ether oxygens (including phenoxy) is 3. The summed E-state index contributed by atoms with van der Waals surface area (Å²) in [4.78, 5) is 56.0. The van der Waals surface area contributed by atoms with Gasteiger partial charge < -0.3 is 24.3 Å². The number of rotatable bonds is 6. The van der Waals surface area contributed by atoms with Crippen molar-refractivity contribution in [2.24, 2.45) is 5.92 Å². The molecule has 2 aliphatic rings. The predicted octanol–water partition coefficient (Wildman–Crippen LogP) is 3.13. The number of amides is 2. The smallest absolute Gasteiger partial charge is 0.338 e. The molecule has 5 rings (SSSR count). The summed E-state index contributed by atoms with van der Waals surface area (Å²) >= 11 is 2.13. The quantitative estimate of drug-likeness (QED) is 0.356. The number of aromatic hydroxyl groups is 1. The summed E-state index contributed by atoms with van der Waals surface area (Å²) in [6, 6.07) is 9.23. The van der Waals surface area contributed by atoms with Crippen molar-refractivity contribution in [1.29, 1.82) is 0 Å². The van der Waals surface area contributed by atoms with Gasteiger partial charge in [0, 0.05) is 10.8 Å². The van der Waals surface area contributed by atoms with E-state index in [1.54, 1.807) is 19.1 Å². The van der Waals surface area contributed by atoms with Crippen LogP contribution in [0.25, 0.3) is 0 Å². The molecule has 2 aliphatic heterocycles. The van der Waals surface area contributed by atoms with Gasteiger partial charge in [-0.3, -0.25) is 14.4 Å². The summed E-state index contributed by atoms with van der Waals surface area (Å²) in [5.41, 5.74) is 1.19. The van der Waals surface area contributed by atoms with Crippen LogP contribution >= 0.6 is 23.1 Å². The highest BCUT2D eigenvalue weighted by atomic mass is 32.2. The number of thioether (sulfide) groups is 1. The fraction of sp³-hybridized carbons (Fsp3) is 0.280. The molecule has 12 heteroatoms. The van der Waals surface area contributed by atoms with E-state index in [0.29, 0.717) is 26.7 Å². The van der Waals surface area contributed by atoms with E-state index in [1.165, 1.54) is 38.5 Å². The molecule has 2 aromatic carbocycles. The zero-order valence-corrected chi connectivity index (χ0v) is 21.6. The number of thiazole rings is 1. The maximum Gasteiger partial charge on any atom is 0.338 e. The summed E-state index contributed by atoms with van der Waals surface area (Å²) in [6.07, 6.45) is 0. The monoisotopic (exact) mass is 542 g/mol. The fourth-order valence-electron chi connectivity index (χ4n) is 4.68. The molecule has 3 atom stereocenters. The van der Waals surface area contributed by atoms with Crippen molar-refractivity contribution in [3.63, 3.8) is 0 Å². The third kappa shape index (κ3) is 4.05. The number of anilines is 1. The van der Waals surface area contributed by atoms with E-state index in [2.05, 4.69) is 4.98 Å². The Morgan fingerprint density at radius 2 is 1.70 bits per heavy atom. The van der Waals surface area contributed by atoms with Crippen LogP contribution in [0.1, 0.15) is 33.6 Å². The first kappa shape index (κ1) is 24.9. The molecule has 0 saturated carbocycles. The normalized spacial score (nSPS) is 20.4. The van der Waals surface area contributed by atoms with Crippen molar-refractivity contribution in [3.05, 3.63) is 62.1 Å². The van der Waals surface area contributed by atoms with E-state index in [4.69, 9.17) is 14.2 Å². The van der Waals surface area contributed by atoms with Crippen LogP contribution in [0.5, 0.6) is 17.2 Å². The molecule has 0 aliphatic carbocycles. The van der Waals surface area contributed by atoms with E-state index >= 15 is 0 Å². The lowest BCUT2D eigenvalue weighted by Gasteiger charge is -2.30. The van der Waals surface area contributed by atoms with Crippen LogP contribution in [0.3, 0.4) is 0 Å². The topological polar surface area (TPSA) is 135 Å². The number of nitrogens with zero attached hydrogens (tertiary/aromatic N) is 1. The van der Waals surface area contributed by atoms with Crippen LogP contribution in [0.15, 0.2) is 46.2 Å². The number of nitrogens with one attached hydrogen (secondary N) is 1. The van der Waals surface area contributed by atoms with Crippen LogP contribution in [-0.4, -0.2) is 54.0 Å². The van der Waals surface area contributed by atoms with Gasteiger partial charge in [-0.25, -0.2) is 9.69 Å². The zero-order chi connectivity index (χ0) is 26.4. The number of hydrogen-bond donors (Lipinski definition) is 2. The first-order chi connectivity index (χ1) is 17.8. The Kier molecular flexibility index (Phi) is 6.46. The van der Waals surface area contributed by atoms with Crippen molar-refractivity contribution in [2.45, 2.75) is 23.1 Å². The third-order valence-corrected chi connectivity index (χ3v) is 8.72. The molecule has 37 heavy (non-hydrogen) atoms. The molecule has 0 radical (unpaired) electrons. The Bertz CT molecular complexity index is 1440. The molecule has 3 heterocycles. The Balaban J connectivity index is 1.59. The molecule has 1 aromatic heterocycles. The molecule has 10 nitrogen and oxygen atoms in total. The van der Waals surface area contributed by atoms with Crippen LogP contribution < -0.4 is 19.2 Å². The van der Waals surface area contributed by atoms with Crippen LogP contribution in [-0.2, 0) is 14.3 Å². The lowest BCUT2D eigenvalue weighted by Crippen LogP contribution is -2.32. The van der Waals surface area contributed by atoms with E-state index in [-0.39, 0.29) is 28.7 Å². The molecule has 3 unspecified atom stereocenters. The minimum atomic E-state index is -0.833. The van der Waals surface area contributed by atoms with Gasteiger partial charge in [0.15, 0.2) is 11.5 Å². The van der Waals surface area contributed by atoms with Gasteiger partial charge in [-0.05, 0) is 48.9 Å². The second kappa shape index (κ2) is 9.60. The Labute approximate surface area is 219 Å². The van der Waals surface area contributed by atoms with Crippen LogP contribution in [0, 0.1) is 5.92 Å². The number of methoxy groups -OCH3 is 2. The van der Waals surface area contributed by atoms with Gasteiger partial charge in [-0.1, -0.05) is 23.1 Å². The van der Waals surface area contributed by atoms with Crippen molar-refractivity contribution in [3.8, 4) is 17.2 Å². The lowest BCUT2D eigenvalue weighted by atomic mass is 9.83. The molecule has 0 bridgehead atoms. The van der Waals surface area contributed by atoms with Crippen molar-refractivity contribution in [2.75, 3.05) is 25.7 Å². The average Bonchev–Trinajstić information content (AvgIpc) is 3.38. The van der Waals surface area contributed by atoms with Crippen LogP contribution in [0.2, 0.25) is 0 Å². The van der Waals surface area contributed by atoms with Gasteiger partial charge in [0.25, 0.3) is 0 Å². The van der Waals surface area contributed by atoms with E-state index in [1.807, 2.05) is 0 Å². The molecule has 0 spiro atoms. The minimum Gasteiger partial charge on any atom is -0.502 e. The number of fused-ring (bicyclic) bond motifs is 2. The second-order valence-electron chi connectivity index (χ2n) is 8.30. The van der Waals surface area contributed by atoms with Gasteiger partial charge >= 0.3 is 10.8 Å². The van der Waals surface area contributed by atoms with Gasteiger partial charge in [0.2, 0.25) is 17.6 Å². The van der Waals surface area contributed by atoms with Crippen molar-refractivity contribution < 1.29 is 33.7 Å². The fourth-order valence-corrected chi connectivity index (χ4v) is 7.20. The first-order valence-corrected chi connectivity index (χ1v) is 13.0. The molecule has 1 fully saturated rings. The number of carbonyl (C=O) groups excluding carboxylic acids is 3. The van der Waals surface area contributed by atoms with Gasteiger partial charge in [0.05, 0.1) is 43.0 Å². The zero-order valence-electron chi connectivity index (χ0n) is 20.0. The molecule has 2 N–H and O–H groups in total. The maximum absolute atomic E-state index is 13.9. The molecule has 1 saturated heterocycles. The molecular weight excluding hydrogens is 520 g/mol. The minimum absolute atomic E-state index is 0.136. The third-order valence-electron chi connectivity index (χ3n) is 6.32. The second-order valence-corrected chi connectivity index (χ2v) is 10.5. The molecule has 2 amide bonds. The van der Waals surface area contributed by atoms with Gasteiger partial charge in [-0.2, -0.15) is 0 Å². The number of H-pyrrole nitrogens is 1. The summed E-state index contributed by atoms with van der Waals surface area (Å²) in [5, 5.41) is 10.1. The number of phenols is 1.